The minimum atomic E-state index is 0. The molecule has 2 atom stereocenters. The maximum atomic E-state index is 12.1. The number of aliphatic hydroxyl groups is 1. The first-order valence-corrected chi connectivity index (χ1v) is 6.95. The van der Waals surface area contributed by atoms with Gasteiger partial charge in [-0.3, -0.25) is 4.79 Å². The molecule has 0 aliphatic heterocycles. The summed E-state index contributed by atoms with van der Waals surface area (Å²) in [4.78, 5) is 12.1. The summed E-state index contributed by atoms with van der Waals surface area (Å²) in [6, 6.07) is 7.78. The molecule has 0 saturated heterocycles. The topological polar surface area (TPSA) is 75.4 Å². The van der Waals surface area contributed by atoms with Gasteiger partial charge < -0.3 is 16.2 Å². The summed E-state index contributed by atoms with van der Waals surface area (Å²) in [7, 11) is 0. The van der Waals surface area contributed by atoms with Crippen LogP contribution in [0.2, 0.25) is 0 Å². The Bertz CT molecular complexity index is 422. The van der Waals surface area contributed by atoms with Gasteiger partial charge in [0.25, 0.3) is 0 Å². The van der Waals surface area contributed by atoms with E-state index in [4.69, 9.17) is 10.8 Å². The van der Waals surface area contributed by atoms with Gasteiger partial charge in [0, 0.05) is 24.3 Å². The summed E-state index contributed by atoms with van der Waals surface area (Å²) < 4.78 is 0. The second-order valence-corrected chi connectivity index (χ2v) is 5.28. The lowest BCUT2D eigenvalue weighted by Gasteiger charge is -2.25. The van der Waals surface area contributed by atoms with Gasteiger partial charge in [0.05, 0.1) is 0 Å². The molecule has 1 aromatic rings. The third-order valence-electron chi connectivity index (χ3n) is 3.71. The fourth-order valence-electron chi connectivity index (χ4n) is 2.59. The number of hydrogen-bond donors (Lipinski definition) is 3. The molecule has 2 unspecified atom stereocenters. The molecule has 0 radical (unpaired) electrons. The average molecular weight is 299 g/mol. The number of aliphatic hydroxyl groups excluding tert-OH is 1. The molecule has 1 amide bonds. The number of halogens is 1. The van der Waals surface area contributed by atoms with Crippen LogP contribution in [0.25, 0.3) is 0 Å². The first kappa shape index (κ1) is 17.0. The van der Waals surface area contributed by atoms with Crippen molar-refractivity contribution < 1.29 is 9.90 Å². The van der Waals surface area contributed by atoms with Crippen LogP contribution in [0.4, 0.5) is 5.69 Å². The number of carbonyl (C=O) groups is 1. The zero-order valence-corrected chi connectivity index (χ0v) is 12.4. The summed E-state index contributed by atoms with van der Waals surface area (Å²) in [5.41, 5.74) is 7.79. The van der Waals surface area contributed by atoms with Crippen LogP contribution >= 0.6 is 12.4 Å². The Morgan fingerprint density at radius 2 is 2.00 bits per heavy atom. The molecule has 4 nitrogen and oxygen atoms in total. The predicted molar refractivity (Wildman–Crippen MR) is 83.0 cm³/mol. The normalized spacial score (nSPS) is 21.9. The number of nitrogens with one attached hydrogen (secondary N) is 1. The first-order chi connectivity index (χ1) is 9.19. The van der Waals surface area contributed by atoms with Gasteiger partial charge >= 0.3 is 0 Å². The number of amides is 1. The standard InChI is InChI=1S/C15H22N2O2.ClH/c16-13-3-1-2-12(10-13)15(19)17-14-6-4-11(5-7-14)8-9-18;/h4-7,12-13,18H,1-3,8-10,16H2,(H,17,19);1H. The lowest BCUT2D eigenvalue weighted by Crippen LogP contribution is -2.34. The van der Waals surface area contributed by atoms with Gasteiger partial charge in [-0.2, -0.15) is 0 Å². The first-order valence-electron chi connectivity index (χ1n) is 6.95. The Morgan fingerprint density at radius 1 is 1.30 bits per heavy atom. The van der Waals surface area contributed by atoms with Crippen molar-refractivity contribution in [1.82, 2.24) is 0 Å². The fraction of sp³-hybridized carbons (Fsp3) is 0.533. The molecule has 1 fully saturated rings. The highest BCUT2D eigenvalue weighted by molar-refractivity contribution is 5.92. The van der Waals surface area contributed by atoms with Crippen LogP contribution in [0.3, 0.4) is 0 Å². The zero-order valence-electron chi connectivity index (χ0n) is 11.5. The zero-order chi connectivity index (χ0) is 13.7. The van der Waals surface area contributed by atoms with E-state index in [1.54, 1.807) is 0 Å². The number of carbonyl (C=O) groups excluding carboxylic acids is 1. The van der Waals surface area contributed by atoms with E-state index in [1.807, 2.05) is 24.3 Å². The van der Waals surface area contributed by atoms with Gasteiger partial charge in [0.15, 0.2) is 0 Å². The van der Waals surface area contributed by atoms with Crippen LogP contribution in [0.5, 0.6) is 0 Å². The molecule has 4 N–H and O–H groups in total. The van der Waals surface area contributed by atoms with Crippen LogP contribution in [-0.2, 0) is 11.2 Å². The van der Waals surface area contributed by atoms with Crippen molar-refractivity contribution in [2.75, 3.05) is 11.9 Å². The van der Waals surface area contributed by atoms with Crippen molar-refractivity contribution in [2.45, 2.75) is 38.1 Å². The van der Waals surface area contributed by atoms with Crippen LogP contribution in [0, 0.1) is 5.92 Å². The van der Waals surface area contributed by atoms with Crippen molar-refractivity contribution in [2.24, 2.45) is 11.7 Å². The molecule has 1 aliphatic carbocycles. The molecule has 112 valence electrons. The monoisotopic (exact) mass is 298 g/mol. The van der Waals surface area contributed by atoms with E-state index in [0.717, 1.165) is 36.9 Å². The van der Waals surface area contributed by atoms with E-state index in [1.165, 1.54) is 0 Å². The van der Waals surface area contributed by atoms with Gasteiger partial charge in [-0.1, -0.05) is 18.6 Å². The summed E-state index contributed by atoms with van der Waals surface area (Å²) in [5, 5.41) is 11.8. The molecule has 0 aromatic heterocycles. The lowest BCUT2D eigenvalue weighted by molar-refractivity contribution is -0.120. The quantitative estimate of drug-likeness (QED) is 0.797. The number of nitrogens with two attached hydrogens (primary N) is 1. The van der Waals surface area contributed by atoms with Crippen LogP contribution < -0.4 is 11.1 Å². The highest BCUT2D eigenvalue weighted by Gasteiger charge is 2.25. The Hall–Kier alpha value is -1.10. The maximum absolute atomic E-state index is 12.1. The molecule has 5 heteroatoms. The highest BCUT2D eigenvalue weighted by Crippen LogP contribution is 2.24. The van der Waals surface area contributed by atoms with Crippen LogP contribution in [0.15, 0.2) is 24.3 Å². The van der Waals surface area contributed by atoms with E-state index in [9.17, 15) is 4.79 Å². The van der Waals surface area contributed by atoms with Crippen molar-refractivity contribution in [3.8, 4) is 0 Å². The predicted octanol–water partition coefficient (Wildman–Crippen LogP) is 2.10. The van der Waals surface area contributed by atoms with E-state index >= 15 is 0 Å². The number of benzene rings is 1. The Kier molecular flexibility index (Phi) is 6.99. The van der Waals surface area contributed by atoms with Gasteiger partial charge in [0.2, 0.25) is 5.91 Å². The molecule has 1 aliphatic rings. The van der Waals surface area contributed by atoms with Gasteiger partial charge in [0.1, 0.15) is 0 Å². The molecule has 1 saturated carbocycles. The minimum Gasteiger partial charge on any atom is -0.396 e. The van der Waals surface area contributed by atoms with Crippen LogP contribution in [0.1, 0.15) is 31.2 Å². The fourth-order valence-corrected chi connectivity index (χ4v) is 2.59. The minimum absolute atomic E-state index is 0. The molecular weight excluding hydrogens is 276 g/mol. The lowest BCUT2D eigenvalue weighted by atomic mass is 9.85. The van der Waals surface area contributed by atoms with E-state index < -0.39 is 0 Å². The number of rotatable bonds is 4. The van der Waals surface area contributed by atoms with Crippen molar-refractivity contribution in [3.63, 3.8) is 0 Å². The van der Waals surface area contributed by atoms with Crippen molar-refractivity contribution in [3.05, 3.63) is 29.8 Å². The van der Waals surface area contributed by atoms with Crippen molar-refractivity contribution in [1.29, 1.82) is 0 Å². The third-order valence-corrected chi connectivity index (χ3v) is 3.71. The molecule has 2 rings (SSSR count). The largest absolute Gasteiger partial charge is 0.396 e. The summed E-state index contributed by atoms with van der Waals surface area (Å²) in [5.74, 6) is 0.117. The smallest absolute Gasteiger partial charge is 0.227 e. The van der Waals surface area contributed by atoms with E-state index in [0.29, 0.717) is 6.42 Å². The average Bonchev–Trinajstić information content (AvgIpc) is 2.41. The summed E-state index contributed by atoms with van der Waals surface area (Å²) in [6.07, 6.45) is 4.43. The molecule has 0 heterocycles. The highest BCUT2D eigenvalue weighted by atomic mass is 35.5. The van der Waals surface area contributed by atoms with Crippen LogP contribution in [-0.4, -0.2) is 23.7 Å². The maximum Gasteiger partial charge on any atom is 0.227 e. The number of hydrogen-bond acceptors (Lipinski definition) is 3. The van der Waals surface area contributed by atoms with Gasteiger partial charge in [-0.05, 0) is 43.4 Å². The molecule has 0 bridgehead atoms. The summed E-state index contributed by atoms with van der Waals surface area (Å²) >= 11 is 0. The Balaban J connectivity index is 0.00000200. The summed E-state index contributed by atoms with van der Waals surface area (Å²) in [6.45, 7) is 0.145. The molecule has 0 spiro atoms. The Morgan fingerprint density at radius 3 is 2.60 bits per heavy atom. The Labute approximate surface area is 126 Å². The van der Waals surface area contributed by atoms with Gasteiger partial charge in [-0.15, -0.1) is 12.4 Å². The van der Waals surface area contributed by atoms with Crippen molar-refractivity contribution >= 4 is 24.0 Å². The van der Waals surface area contributed by atoms with E-state index in [-0.39, 0.29) is 36.9 Å². The SMILES string of the molecule is Cl.NC1CCCC(C(=O)Nc2ccc(CCO)cc2)C1. The van der Waals surface area contributed by atoms with E-state index in [2.05, 4.69) is 5.32 Å². The molecule has 1 aromatic carbocycles. The second kappa shape index (κ2) is 8.25. The third kappa shape index (κ3) is 4.78. The molecule has 20 heavy (non-hydrogen) atoms. The van der Waals surface area contributed by atoms with Gasteiger partial charge in [-0.25, -0.2) is 0 Å². The molecular formula is C15H23ClN2O2. The number of anilines is 1. The second-order valence-electron chi connectivity index (χ2n) is 5.28.